The average Bonchev–Trinajstić information content (AvgIpc) is 2.42. The number of carbonyl (C=O) groups is 3. The van der Waals surface area contributed by atoms with Gasteiger partial charge in [-0.1, -0.05) is 12.1 Å². The van der Waals surface area contributed by atoms with Crippen LogP contribution in [0.1, 0.15) is 20.8 Å². The second-order valence-electron chi connectivity index (χ2n) is 5.90. The minimum Gasteiger partial charge on any atom is -0.444 e. The van der Waals surface area contributed by atoms with E-state index in [0.29, 0.717) is 11.4 Å². The van der Waals surface area contributed by atoms with Crippen LogP contribution in [0.5, 0.6) is 0 Å². The maximum Gasteiger partial charge on any atom is 0.408 e. The molecule has 1 aliphatic rings. The van der Waals surface area contributed by atoms with Crippen LogP contribution in [0.4, 0.5) is 16.2 Å². The van der Waals surface area contributed by atoms with Gasteiger partial charge in [-0.15, -0.1) is 0 Å². The summed E-state index contributed by atoms with van der Waals surface area (Å²) in [6.45, 7) is 4.89. The summed E-state index contributed by atoms with van der Waals surface area (Å²) in [5.74, 6) is -0.655. The largest absolute Gasteiger partial charge is 0.444 e. The van der Waals surface area contributed by atoms with Crippen LogP contribution in [0.15, 0.2) is 24.3 Å². The molecule has 0 bridgehead atoms. The molecule has 0 aromatic heterocycles. The molecule has 0 saturated heterocycles. The van der Waals surface area contributed by atoms with Crippen molar-refractivity contribution in [2.45, 2.75) is 26.4 Å². The molecular formula is C15H19N3O4. The number of fused-ring (bicyclic) bond motifs is 1. The zero-order chi connectivity index (χ0) is 16.3. The molecule has 7 heteroatoms. The van der Waals surface area contributed by atoms with Crippen molar-refractivity contribution in [1.82, 2.24) is 5.32 Å². The van der Waals surface area contributed by atoms with Gasteiger partial charge in [0.1, 0.15) is 18.7 Å². The number of benzene rings is 1. The number of nitrogens with one attached hydrogen (secondary N) is 2. The minimum atomic E-state index is -0.671. The van der Waals surface area contributed by atoms with Gasteiger partial charge in [0.2, 0.25) is 11.8 Å². The molecule has 2 rings (SSSR count). The third kappa shape index (κ3) is 3.97. The molecule has 1 heterocycles. The first-order chi connectivity index (χ1) is 10.3. The Morgan fingerprint density at radius 2 is 2.00 bits per heavy atom. The van der Waals surface area contributed by atoms with Crippen LogP contribution < -0.4 is 15.5 Å². The van der Waals surface area contributed by atoms with E-state index in [4.69, 9.17) is 4.74 Å². The molecule has 2 N–H and O–H groups in total. The Kier molecular flexibility index (Phi) is 4.35. The first-order valence-electron chi connectivity index (χ1n) is 6.92. The Labute approximate surface area is 128 Å². The molecule has 1 aromatic rings. The van der Waals surface area contributed by atoms with Crippen LogP contribution in [-0.2, 0) is 14.3 Å². The van der Waals surface area contributed by atoms with Crippen LogP contribution >= 0.6 is 0 Å². The number of carbonyl (C=O) groups excluding carboxylic acids is 3. The smallest absolute Gasteiger partial charge is 0.408 e. The molecule has 118 valence electrons. The fourth-order valence-corrected chi connectivity index (χ4v) is 2.01. The highest BCUT2D eigenvalue weighted by Crippen LogP contribution is 2.28. The predicted octanol–water partition coefficient (Wildman–Crippen LogP) is 1.50. The van der Waals surface area contributed by atoms with Crippen LogP contribution in [0.2, 0.25) is 0 Å². The van der Waals surface area contributed by atoms with E-state index >= 15 is 0 Å². The Bertz CT molecular complexity index is 607. The molecule has 0 atom stereocenters. The summed E-state index contributed by atoms with van der Waals surface area (Å²) in [7, 11) is 0. The zero-order valence-corrected chi connectivity index (χ0v) is 12.8. The normalized spacial score (nSPS) is 14.0. The van der Waals surface area contributed by atoms with E-state index < -0.39 is 11.7 Å². The molecule has 0 unspecified atom stereocenters. The Balaban J connectivity index is 2.01. The summed E-state index contributed by atoms with van der Waals surface area (Å²) < 4.78 is 5.07. The van der Waals surface area contributed by atoms with Gasteiger partial charge in [0.15, 0.2) is 0 Å². The average molecular weight is 305 g/mol. The van der Waals surface area contributed by atoms with Gasteiger partial charge in [-0.05, 0) is 32.9 Å². The van der Waals surface area contributed by atoms with E-state index in [-0.39, 0.29) is 24.9 Å². The summed E-state index contributed by atoms with van der Waals surface area (Å²) >= 11 is 0. The van der Waals surface area contributed by atoms with Gasteiger partial charge >= 0.3 is 6.09 Å². The Morgan fingerprint density at radius 1 is 1.32 bits per heavy atom. The number of para-hydroxylation sites is 2. The summed E-state index contributed by atoms with van der Waals surface area (Å²) in [5, 5.41) is 5.09. The van der Waals surface area contributed by atoms with E-state index in [1.165, 1.54) is 4.90 Å². The molecule has 0 saturated carbocycles. The Morgan fingerprint density at radius 3 is 2.68 bits per heavy atom. The molecule has 0 spiro atoms. The lowest BCUT2D eigenvalue weighted by Gasteiger charge is -2.29. The third-order valence-electron chi connectivity index (χ3n) is 2.85. The van der Waals surface area contributed by atoms with Gasteiger partial charge in [-0.3, -0.25) is 14.5 Å². The molecule has 0 radical (unpaired) electrons. The summed E-state index contributed by atoms with van der Waals surface area (Å²) in [6, 6.07) is 7.00. The van der Waals surface area contributed by atoms with Crippen LogP contribution in [0, 0.1) is 0 Å². The van der Waals surface area contributed by atoms with Gasteiger partial charge in [0.25, 0.3) is 0 Å². The van der Waals surface area contributed by atoms with Gasteiger partial charge in [-0.25, -0.2) is 4.79 Å². The standard InChI is InChI=1S/C15H19N3O4/c1-15(2,3)22-14(21)16-8-13(20)18-9-12(19)17-10-6-4-5-7-11(10)18/h4-7H,8-9H2,1-3H3,(H,16,21)(H,17,19). The van der Waals surface area contributed by atoms with Crippen LogP contribution in [0.25, 0.3) is 0 Å². The summed E-state index contributed by atoms with van der Waals surface area (Å²) in [6.07, 6.45) is -0.671. The van der Waals surface area contributed by atoms with Crippen molar-refractivity contribution in [3.05, 3.63) is 24.3 Å². The first-order valence-corrected chi connectivity index (χ1v) is 6.92. The van der Waals surface area contributed by atoms with E-state index in [2.05, 4.69) is 10.6 Å². The number of anilines is 2. The minimum absolute atomic E-state index is 0.0775. The fraction of sp³-hybridized carbons (Fsp3) is 0.400. The lowest BCUT2D eigenvalue weighted by atomic mass is 10.2. The topological polar surface area (TPSA) is 87.7 Å². The first kappa shape index (κ1) is 15.8. The number of alkyl carbamates (subject to hydrolysis) is 1. The number of rotatable bonds is 2. The second kappa shape index (κ2) is 6.05. The zero-order valence-electron chi connectivity index (χ0n) is 12.8. The number of amides is 3. The number of hydrogen-bond acceptors (Lipinski definition) is 4. The molecular weight excluding hydrogens is 286 g/mol. The molecule has 22 heavy (non-hydrogen) atoms. The van der Waals surface area contributed by atoms with Crippen molar-refractivity contribution in [3.63, 3.8) is 0 Å². The summed E-state index contributed by atoms with van der Waals surface area (Å²) in [5.41, 5.74) is 0.549. The van der Waals surface area contributed by atoms with E-state index in [1.807, 2.05) is 0 Å². The van der Waals surface area contributed by atoms with E-state index in [0.717, 1.165) is 0 Å². The second-order valence-corrected chi connectivity index (χ2v) is 5.90. The van der Waals surface area contributed by atoms with Crippen LogP contribution in [-0.4, -0.2) is 36.6 Å². The lowest BCUT2D eigenvalue weighted by Crippen LogP contribution is -2.47. The van der Waals surface area contributed by atoms with Crippen molar-refractivity contribution < 1.29 is 19.1 Å². The van der Waals surface area contributed by atoms with Crippen LogP contribution in [0.3, 0.4) is 0 Å². The quantitative estimate of drug-likeness (QED) is 0.866. The lowest BCUT2D eigenvalue weighted by molar-refractivity contribution is -0.121. The van der Waals surface area contributed by atoms with Gasteiger partial charge in [-0.2, -0.15) is 0 Å². The monoisotopic (exact) mass is 305 g/mol. The fourth-order valence-electron chi connectivity index (χ4n) is 2.01. The van der Waals surface area contributed by atoms with Crippen molar-refractivity contribution >= 4 is 29.3 Å². The molecule has 1 aliphatic heterocycles. The molecule has 0 fully saturated rings. The van der Waals surface area contributed by atoms with Crippen molar-refractivity contribution in [2.75, 3.05) is 23.3 Å². The van der Waals surface area contributed by atoms with Crippen molar-refractivity contribution in [1.29, 1.82) is 0 Å². The molecule has 3 amide bonds. The number of ether oxygens (including phenoxy) is 1. The highest BCUT2D eigenvalue weighted by molar-refractivity contribution is 6.10. The summed E-state index contributed by atoms with van der Waals surface area (Å²) in [4.78, 5) is 36.8. The maximum absolute atomic E-state index is 12.3. The SMILES string of the molecule is CC(C)(C)OC(=O)NCC(=O)N1CC(=O)Nc2ccccc21. The van der Waals surface area contributed by atoms with Crippen molar-refractivity contribution in [3.8, 4) is 0 Å². The van der Waals surface area contributed by atoms with E-state index in [9.17, 15) is 14.4 Å². The maximum atomic E-state index is 12.3. The predicted molar refractivity (Wildman–Crippen MR) is 81.7 cm³/mol. The molecule has 0 aliphatic carbocycles. The third-order valence-corrected chi connectivity index (χ3v) is 2.85. The molecule has 1 aromatic carbocycles. The van der Waals surface area contributed by atoms with Gasteiger partial charge in [0, 0.05) is 0 Å². The number of nitrogens with zero attached hydrogens (tertiary/aromatic N) is 1. The van der Waals surface area contributed by atoms with Gasteiger partial charge in [0.05, 0.1) is 11.4 Å². The van der Waals surface area contributed by atoms with Crippen molar-refractivity contribution in [2.24, 2.45) is 0 Å². The van der Waals surface area contributed by atoms with E-state index in [1.54, 1.807) is 45.0 Å². The highest BCUT2D eigenvalue weighted by Gasteiger charge is 2.27. The number of hydrogen-bond donors (Lipinski definition) is 2. The van der Waals surface area contributed by atoms with Gasteiger partial charge < -0.3 is 15.4 Å². The highest BCUT2D eigenvalue weighted by atomic mass is 16.6. The Hall–Kier alpha value is -2.57. The molecule has 7 nitrogen and oxygen atoms in total.